The van der Waals surface area contributed by atoms with Gasteiger partial charge in [-0.1, -0.05) is 17.4 Å². The second kappa shape index (κ2) is 10.3. The molecule has 3 aromatic rings. The molecule has 6 rings (SSSR count). The Labute approximate surface area is 209 Å². The van der Waals surface area contributed by atoms with Gasteiger partial charge in [0.05, 0.1) is 36.7 Å². The average molecular weight is 490 g/mol. The van der Waals surface area contributed by atoms with Crippen molar-refractivity contribution in [1.82, 2.24) is 20.4 Å². The minimum Gasteiger partial charge on any atom is -0.381 e. The summed E-state index contributed by atoms with van der Waals surface area (Å²) in [5.41, 5.74) is 4.59. The van der Waals surface area contributed by atoms with E-state index < -0.39 is 0 Å². The first-order chi connectivity index (χ1) is 17.7. The van der Waals surface area contributed by atoms with Crippen LogP contribution in [0.2, 0.25) is 0 Å². The summed E-state index contributed by atoms with van der Waals surface area (Å²) in [4.78, 5) is 15.3. The maximum atomic E-state index is 12.9. The van der Waals surface area contributed by atoms with E-state index in [1.54, 1.807) is 0 Å². The van der Waals surface area contributed by atoms with Crippen molar-refractivity contribution in [2.45, 2.75) is 31.5 Å². The lowest BCUT2D eigenvalue weighted by Crippen LogP contribution is -2.38. The van der Waals surface area contributed by atoms with Gasteiger partial charge in [0.15, 0.2) is 0 Å². The predicted octanol–water partition coefficient (Wildman–Crippen LogP) is 3.23. The molecule has 2 saturated heterocycles. The van der Waals surface area contributed by atoms with Gasteiger partial charge in [0.2, 0.25) is 0 Å². The molecule has 1 atom stereocenters. The van der Waals surface area contributed by atoms with Crippen LogP contribution < -0.4 is 10.3 Å². The number of nitrogens with one attached hydrogen (secondary N) is 2. The van der Waals surface area contributed by atoms with Crippen molar-refractivity contribution in [3.63, 3.8) is 0 Å². The van der Waals surface area contributed by atoms with Crippen LogP contribution in [0.1, 0.15) is 40.5 Å². The molecule has 1 unspecified atom stereocenters. The Morgan fingerprint density at radius 2 is 1.81 bits per heavy atom. The smallest absolute Gasteiger partial charge is 0.251 e. The molecular weight excluding hydrogens is 458 g/mol. The number of H-pyrrole nitrogens is 1. The lowest BCUT2D eigenvalue weighted by atomic mass is 10.0. The number of aromatic amines is 1. The third kappa shape index (κ3) is 4.97. The molecule has 4 heterocycles. The van der Waals surface area contributed by atoms with E-state index in [0.29, 0.717) is 25.3 Å². The van der Waals surface area contributed by atoms with E-state index in [1.165, 1.54) is 5.56 Å². The minimum absolute atomic E-state index is 0.0669. The first-order valence-electron chi connectivity index (χ1n) is 12.7. The quantitative estimate of drug-likeness (QED) is 0.551. The summed E-state index contributed by atoms with van der Waals surface area (Å²) in [6, 6.07) is 14.1. The molecule has 0 bridgehead atoms. The largest absolute Gasteiger partial charge is 0.381 e. The van der Waals surface area contributed by atoms with Crippen LogP contribution in [0.5, 0.6) is 0 Å². The van der Waals surface area contributed by atoms with E-state index in [2.05, 4.69) is 55.0 Å². The number of aromatic nitrogens is 2. The summed E-state index contributed by atoms with van der Waals surface area (Å²) < 4.78 is 10.8. The van der Waals surface area contributed by atoms with E-state index in [0.717, 1.165) is 68.0 Å². The number of carbonyl (C=O) groups excluding carboxylic acids is 1. The number of anilines is 1. The van der Waals surface area contributed by atoms with Crippen molar-refractivity contribution in [2.75, 3.05) is 51.1 Å². The van der Waals surface area contributed by atoms with Crippen LogP contribution in [-0.2, 0) is 16.0 Å². The van der Waals surface area contributed by atoms with Gasteiger partial charge in [0.1, 0.15) is 6.04 Å². The zero-order valence-electron chi connectivity index (χ0n) is 20.2. The highest BCUT2D eigenvalue weighted by molar-refractivity contribution is 5.98. The normalized spacial score (nSPS) is 21.3. The van der Waals surface area contributed by atoms with Gasteiger partial charge >= 0.3 is 0 Å². The van der Waals surface area contributed by atoms with Crippen molar-refractivity contribution in [1.29, 1.82) is 0 Å². The molecule has 0 spiro atoms. The topological polar surface area (TPSA) is 107 Å². The Balaban J connectivity index is 1.12. The number of rotatable bonds is 6. The number of hydrogen-bond acceptors (Lipinski definition) is 8. The van der Waals surface area contributed by atoms with Crippen LogP contribution in [0, 0.1) is 0 Å². The van der Waals surface area contributed by atoms with Crippen molar-refractivity contribution in [3.05, 3.63) is 59.3 Å². The fourth-order valence-corrected chi connectivity index (χ4v) is 4.99. The zero-order chi connectivity index (χ0) is 24.3. The maximum Gasteiger partial charge on any atom is 0.251 e. The molecule has 2 N–H and O–H groups in total. The summed E-state index contributed by atoms with van der Waals surface area (Å²) in [6.07, 6.45) is 1.69. The van der Waals surface area contributed by atoms with Gasteiger partial charge in [-0.05, 0) is 48.7 Å². The van der Waals surface area contributed by atoms with Crippen molar-refractivity contribution in [3.8, 4) is 0 Å². The van der Waals surface area contributed by atoms with Crippen molar-refractivity contribution < 1.29 is 14.3 Å². The first kappa shape index (κ1) is 23.1. The van der Waals surface area contributed by atoms with Crippen molar-refractivity contribution in [2.24, 2.45) is 10.3 Å². The second-order valence-electron chi connectivity index (χ2n) is 9.59. The van der Waals surface area contributed by atoms with E-state index in [1.807, 2.05) is 23.2 Å². The summed E-state index contributed by atoms with van der Waals surface area (Å²) in [5, 5.41) is 22.5. The highest BCUT2D eigenvalue weighted by Crippen LogP contribution is 2.32. The predicted molar refractivity (Wildman–Crippen MR) is 135 cm³/mol. The summed E-state index contributed by atoms with van der Waals surface area (Å²) in [7, 11) is 0. The van der Waals surface area contributed by atoms with Crippen molar-refractivity contribution >= 4 is 22.5 Å². The third-order valence-corrected chi connectivity index (χ3v) is 7.12. The molecule has 188 valence electrons. The lowest BCUT2D eigenvalue weighted by Gasteiger charge is -2.26. The molecule has 3 aliphatic rings. The van der Waals surface area contributed by atoms with E-state index in [-0.39, 0.29) is 18.0 Å². The average Bonchev–Trinajstić information content (AvgIpc) is 3.57. The number of nitrogens with zero attached hydrogens (tertiary/aromatic N) is 5. The molecule has 0 saturated carbocycles. The SMILES string of the molecule is O=C(NC1CCOCC1)c1ccc2[nH]nc(C3CN(c4ccc(CN5CCOCC5)cc4)N=N3)c2c1. The minimum atomic E-state index is -0.208. The lowest BCUT2D eigenvalue weighted by molar-refractivity contribution is 0.0342. The Morgan fingerprint density at radius 1 is 1.03 bits per heavy atom. The third-order valence-electron chi connectivity index (χ3n) is 7.12. The van der Waals surface area contributed by atoms with Crippen LogP contribution in [0.25, 0.3) is 10.9 Å². The number of amides is 1. The standard InChI is InChI=1S/C26H31N7O3/c34-26(27-20-7-11-35-12-8-20)19-3-6-23-22(15-19)25(30-28-23)24-17-33(31-29-24)21-4-1-18(2-5-21)16-32-9-13-36-14-10-32/h1-6,15,20,24H,7-14,16-17H2,(H,27,34)(H,28,30). The summed E-state index contributed by atoms with van der Waals surface area (Å²) >= 11 is 0. The molecule has 2 fully saturated rings. The Morgan fingerprint density at radius 3 is 2.61 bits per heavy atom. The van der Waals surface area contributed by atoms with E-state index in [9.17, 15) is 4.79 Å². The van der Waals surface area contributed by atoms with E-state index in [4.69, 9.17) is 9.47 Å². The van der Waals surface area contributed by atoms with Crippen LogP contribution in [0.15, 0.2) is 52.8 Å². The number of benzene rings is 2. The fraction of sp³-hybridized carbons (Fsp3) is 0.462. The van der Waals surface area contributed by atoms with Crippen LogP contribution in [-0.4, -0.2) is 73.1 Å². The highest BCUT2D eigenvalue weighted by atomic mass is 16.5. The molecule has 36 heavy (non-hydrogen) atoms. The van der Waals surface area contributed by atoms with Gasteiger partial charge in [-0.25, -0.2) is 5.01 Å². The molecule has 10 heteroatoms. The monoisotopic (exact) mass is 489 g/mol. The second-order valence-corrected chi connectivity index (χ2v) is 9.59. The fourth-order valence-electron chi connectivity index (χ4n) is 4.99. The van der Waals surface area contributed by atoms with Gasteiger partial charge in [-0.3, -0.25) is 14.8 Å². The van der Waals surface area contributed by atoms with Gasteiger partial charge in [-0.2, -0.15) is 10.2 Å². The van der Waals surface area contributed by atoms with E-state index >= 15 is 0 Å². The Kier molecular flexibility index (Phi) is 6.63. The van der Waals surface area contributed by atoms with Gasteiger partial charge in [0.25, 0.3) is 5.91 Å². The molecule has 1 aromatic heterocycles. The van der Waals surface area contributed by atoms with Crippen LogP contribution >= 0.6 is 0 Å². The van der Waals surface area contributed by atoms with Gasteiger partial charge < -0.3 is 14.8 Å². The van der Waals surface area contributed by atoms with Crippen LogP contribution in [0.4, 0.5) is 5.69 Å². The van der Waals surface area contributed by atoms with Gasteiger partial charge in [0, 0.05) is 49.8 Å². The number of carbonyl (C=O) groups is 1. The number of ether oxygens (including phenoxy) is 2. The number of fused-ring (bicyclic) bond motifs is 1. The zero-order valence-corrected chi connectivity index (χ0v) is 20.2. The molecule has 1 amide bonds. The number of morpholine rings is 1. The molecule has 3 aliphatic heterocycles. The summed E-state index contributed by atoms with van der Waals surface area (Å²) in [5.74, 6) is -0.0669. The molecule has 0 radical (unpaired) electrons. The Bertz CT molecular complexity index is 1230. The maximum absolute atomic E-state index is 12.9. The highest BCUT2D eigenvalue weighted by Gasteiger charge is 2.27. The molecular formula is C26H31N7O3. The molecule has 0 aliphatic carbocycles. The first-order valence-corrected chi connectivity index (χ1v) is 12.7. The van der Waals surface area contributed by atoms with Gasteiger partial charge in [-0.15, -0.1) is 0 Å². The molecule has 2 aromatic carbocycles. The number of hydrogen-bond donors (Lipinski definition) is 2. The Hall–Kier alpha value is -3.34. The van der Waals surface area contributed by atoms with Crippen LogP contribution in [0.3, 0.4) is 0 Å². The molecule has 10 nitrogen and oxygen atoms in total. The summed E-state index contributed by atoms with van der Waals surface area (Å²) in [6.45, 7) is 6.46.